The summed E-state index contributed by atoms with van der Waals surface area (Å²) in [5, 5.41) is 3.52. The SMILES string of the molecule is COc1ccc(C(=O)CC(Nc2ccccc2)c2ccc(C(C)C)cc2)cc1. The van der Waals surface area contributed by atoms with Crippen LogP contribution in [0.25, 0.3) is 0 Å². The van der Waals surface area contributed by atoms with Gasteiger partial charge in [0.05, 0.1) is 13.2 Å². The van der Waals surface area contributed by atoms with Crippen LogP contribution in [0.3, 0.4) is 0 Å². The summed E-state index contributed by atoms with van der Waals surface area (Å²) in [5.41, 5.74) is 4.10. The number of benzene rings is 3. The average molecular weight is 373 g/mol. The van der Waals surface area contributed by atoms with E-state index >= 15 is 0 Å². The van der Waals surface area contributed by atoms with Gasteiger partial charge in [0.15, 0.2) is 5.78 Å². The molecule has 1 N–H and O–H groups in total. The van der Waals surface area contributed by atoms with Crippen molar-refractivity contribution in [2.45, 2.75) is 32.2 Å². The van der Waals surface area contributed by atoms with Crippen LogP contribution in [0.4, 0.5) is 5.69 Å². The number of anilines is 1. The largest absolute Gasteiger partial charge is 0.497 e. The number of carbonyl (C=O) groups excluding carboxylic acids is 1. The minimum Gasteiger partial charge on any atom is -0.497 e. The molecule has 0 aliphatic carbocycles. The van der Waals surface area contributed by atoms with Crippen LogP contribution in [0.2, 0.25) is 0 Å². The standard InChI is InChI=1S/C25H27NO2/c1-18(2)19-9-11-20(12-10-19)24(26-22-7-5-4-6-8-22)17-25(27)21-13-15-23(28-3)16-14-21/h4-16,18,24,26H,17H2,1-3H3. The van der Waals surface area contributed by atoms with Gasteiger partial charge in [0.2, 0.25) is 0 Å². The molecule has 1 atom stereocenters. The molecule has 0 aliphatic rings. The van der Waals surface area contributed by atoms with E-state index in [1.807, 2.05) is 54.6 Å². The molecule has 3 aromatic carbocycles. The molecule has 0 aliphatic heterocycles. The van der Waals surface area contributed by atoms with Crippen molar-refractivity contribution in [2.24, 2.45) is 0 Å². The van der Waals surface area contributed by atoms with Gasteiger partial charge in [-0.25, -0.2) is 0 Å². The Balaban J connectivity index is 1.83. The summed E-state index contributed by atoms with van der Waals surface area (Å²) in [6, 6.07) is 25.8. The molecule has 3 aromatic rings. The highest BCUT2D eigenvalue weighted by Crippen LogP contribution is 2.26. The van der Waals surface area contributed by atoms with Gasteiger partial charge in [0.1, 0.15) is 5.75 Å². The van der Waals surface area contributed by atoms with E-state index in [9.17, 15) is 4.79 Å². The minimum atomic E-state index is -0.0989. The van der Waals surface area contributed by atoms with E-state index in [1.165, 1.54) is 5.56 Å². The second kappa shape index (κ2) is 9.23. The molecule has 0 radical (unpaired) electrons. The number of hydrogen-bond acceptors (Lipinski definition) is 3. The number of ether oxygens (including phenoxy) is 1. The number of nitrogens with one attached hydrogen (secondary N) is 1. The van der Waals surface area contributed by atoms with Crippen molar-refractivity contribution >= 4 is 11.5 Å². The van der Waals surface area contributed by atoms with Gasteiger partial charge < -0.3 is 10.1 Å². The molecule has 0 saturated carbocycles. The average Bonchev–Trinajstić information content (AvgIpc) is 2.74. The number of hydrogen-bond donors (Lipinski definition) is 1. The van der Waals surface area contributed by atoms with Crippen LogP contribution in [0, 0.1) is 0 Å². The summed E-state index contributed by atoms with van der Waals surface area (Å²) >= 11 is 0. The van der Waals surface area contributed by atoms with E-state index in [2.05, 4.69) is 43.4 Å². The Kier molecular flexibility index (Phi) is 6.49. The van der Waals surface area contributed by atoms with E-state index in [1.54, 1.807) is 7.11 Å². The highest BCUT2D eigenvalue weighted by atomic mass is 16.5. The van der Waals surface area contributed by atoms with Gasteiger partial charge in [0, 0.05) is 17.7 Å². The zero-order valence-corrected chi connectivity index (χ0v) is 16.7. The Morgan fingerprint density at radius 3 is 2.04 bits per heavy atom. The van der Waals surface area contributed by atoms with Gasteiger partial charge in [-0.15, -0.1) is 0 Å². The molecule has 0 saturated heterocycles. The summed E-state index contributed by atoms with van der Waals surface area (Å²) in [7, 11) is 1.62. The first-order chi connectivity index (χ1) is 13.6. The van der Waals surface area contributed by atoms with Crippen LogP contribution in [0.1, 0.15) is 53.7 Å². The highest BCUT2D eigenvalue weighted by Gasteiger charge is 2.18. The normalized spacial score (nSPS) is 11.9. The van der Waals surface area contributed by atoms with Crippen LogP contribution in [-0.2, 0) is 0 Å². The van der Waals surface area contributed by atoms with Crippen molar-refractivity contribution in [3.05, 3.63) is 95.6 Å². The zero-order valence-electron chi connectivity index (χ0n) is 16.7. The molecule has 28 heavy (non-hydrogen) atoms. The molecule has 0 bridgehead atoms. The Morgan fingerprint density at radius 1 is 0.857 bits per heavy atom. The fourth-order valence-electron chi connectivity index (χ4n) is 3.18. The third-order valence-corrected chi connectivity index (χ3v) is 4.92. The first-order valence-corrected chi connectivity index (χ1v) is 9.65. The third-order valence-electron chi connectivity index (χ3n) is 4.92. The summed E-state index contributed by atoms with van der Waals surface area (Å²) < 4.78 is 5.19. The zero-order chi connectivity index (χ0) is 19.9. The first kappa shape index (κ1) is 19.7. The third kappa shape index (κ3) is 5.01. The lowest BCUT2D eigenvalue weighted by Crippen LogP contribution is -2.16. The minimum absolute atomic E-state index is 0.0989. The lowest BCUT2D eigenvalue weighted by molar-refractivity contribution is 0.0976. The van der Waals surface area contributed by atoms with Gasteiger partial charge in [-0.05, 0) is 53.4 Å². The molecule has 0 spiro atoms. The summed E-state index contributed by atoms with van der Waals surface area (Å²) in [4.78, 5) is 12.9. The molecule has 1 unspecified atom stereocenters. The van der Waals surface area contributed by atoms with Crippen molar-refractivity contribution in [3.8, 4) is 5.75 Å². The molecule has 3 rings (SSSR count). The Hall–Kier alpha value is -3.07. The van der Waals surface area contributed by atoms with Crippen molar-refractivity contribution in [1.29, 1.82) is 0 Å². The predicted molar refractivity (Wildman–Crippen MR) is 115 cm³/mol. The van der Waals surface area contributed by atoms with Crippen LogP contribution in [0.15, 0.2) is 78.9 Å². The van der Waals surface area contributed by atoms with Gasteiger partial charge >= 0.3 is 0 Å². The molecule has 0 fully saturated rings. The van der Waals surface area contributed by atoms with Crippen molar-refractivity contribution < 1.29 is 9.53 Å². The molecule has 144 valence electrons. The molecule has 3 nitrogen and oxygen atoms in total. The fraction of sp³-hybridized carbons (Fsp3) is 0.240. The molecular weight excluding hydrogens is 346 g/mol. The maximum atomic E-state index is 12.9. The van der Waals surface area contributed by atoms with E-state index < -0.39 is 0 Å². The quantitative estimate of drug-likeness (QED) is 0.475. The van der Waals surface area contributed by atoms with Gasteiger partial charge in [-0.3, -0.25) is 4.79 Å². The van der Waals surface area contributed by atoms with Crippen molar-refractivity contribution in [2.75, 3.05) is 12.4 Å². The number of ketones is 1. The van der Waals surface area contributed by atoms with Crippen molar-refractivity contribution in [3.63, 3.8) is 0 Å². The predicted octanol–water partition coefficient (Wildman–Crippen LogP) is 6.24. The fourth-order valence-corrected chi connectivity index (χ4v) is 3.18. The maximum Gasteiger partial charge on any atom is 0.165 e. The number of rotatable bonds is 8. The number of carbonyl (C=O) groups is 1. The molecule has 0 amide bonds. The monoisotopic (exact) mass is 373 g/mol. The topological polar surface area (TPSA) is 38.3 Å². The first-order valence-electron chi connectivity index (χ1n) is 9.65. The second-order valence-corrected chi connectivity index (χ2v) is 7.24. The van der Waals surface area contributed by atoms with Gasteiger partial charge in [-0.2, -0.15) is 0 Å². The lowest BCUT2D eigenvalue weighted by atomic mass is 9.95. The molecule has 0 heterocycles. The molecular formula is C25H27NO2. The summed E-state index contributed by atoms with van der Waals surface area (Å²) in [6.07, 6.45) is 0.377. The smallest absolute Gasteiger partial charge is 0.165 e. The van der Waals surface area contributed by atoms with Gasteiger partial charge in [-0.1, -0.05) is 56.3 Å². The maximum absolute atomic E-state index is 12.9. The van der Waals surface area contributed by atoms with E-state index in [-0.39, 0.29) is 11.8 Å². The second-order valence-electron chi connectivity index (χ2n) is 7.24. The van der Waals surface area contributed by atoms with E-state index in [0.717, 1.165) is 17.0 Å². The van der Waals surface area contributed by atoms with Crippen LogP contribution in [0.5, 0.6) is 5.75 Å². The lowest BCUT2D eigenvalue weighted by Gasteiger charge is -2.21. The summed E-state index contributed by atoms with van der Waals surface area (Å²) in [5.74, 6) is 1.33. The number of Topliss-reactive ketones (excluding diaryl/α,β-unsaturated/α-hetero) is 1. The number of methoxy groups -OCH3 is 1. The van der Waals surface area contributed by atoms with Crippen molar-refractivity contribution in [1.82, 2.24) is 0 Å². The van der Waals surface area contributed by atoms with Gasteiger partial charge in [0.25, 0.3) is 0 Å². The van der Waals surface area contributed by atoms with E-state index in [4.69, 9.17) is 4.74 Å². The Morgan fingerprint density at radius 2 is 1.46 bits per heavy atom. The Bertz CT molecular complexity index is 884. The number of para-hydroxylation sites is 1. The summed E-state index contributed by atoms with van der Waals surface area (Å²) in [6.45, 7) is 4.36. The highest BCUT2D eigenvalue weighted by molar-refractivity contribution is 5.96. The van der Waals surface area contributed by atoms with Crippen LogP contribution < -0.4 is 10.1 Å². The molecule has 3 heteroatoms. The Labute approximate surface area is 167 Å². The van der Waals surface area contributed by atoms with Crippen LogP contribution >= 0.6 is 0 Å². The van der Waals surface area contributed by atoms with Crippen LogP contribution in [-0.4, -0.2) is 12.9 Å². The molecule has 0 aromatic heterocycles. The van der Waals surface area contributed by atoms with E-state index in [0.29, 0.717) is 17.9 Å².